The van der Waals surface area contributed by atoms with Gasteiger partial charge in [0.25, 0.3) is 5.91 Å². The Kier molecular flexibility index (Phi) is 4.35. The van der Waals surface area contributed by atoms with Gasteiger partial charge in [-0.15, -0.1) is 11.6 Å². The fraction of sp³-hybridized carbons (Fsp3) is 0.409. The van der Waals surface area contributed by atoms with Gasteiger partial charge in [-0.1, -0.05) is 71.7 Å². The summed E-state index contributed by atoms with van der Waals surface area (Å²) in [6.07, 6.45) is 1.69. The van der Waals surface area contributed by atoms with E-state index in [1.807, 2.05) is 47.4 Å². The number of rotatable bonds is 2. The van der Waals surface area contributed by atoms with Crippen molar-refractivity contribution in [2.45, 2.75) is 40.6 Å². The van der Waals surface area contributed by atoms with Gasteiger partial charge in [-0.25, -0.2) is 0 Å². The van der Waals surface area contributed by atoms with Crippen LogP contribution in [0.3, 0.4) is 0 Å². The summed E-state index contributed by atoms with van der Waals surface area (Å²) in [6, 6.07) is 18.2. The van der Waals surface area contributed by atoms with Crippen LogP contribution in [0.5, 0.6) is 0 Å². The van der Waals surface area contributed by atoms with Gasteiger partial charge in [0.2, 0.25) is 4.33 Å². The Hall–Kier alpha value is -1.42. The van der Waals surface area contributed by atoms with Gasteiger partial charge >= 0.3 is 0 Å². The number of carbonyl (C=O) groups excluding carboxylic acids is 1. The molecule has 146 valence electrons. The molecular weight excluding hydrogens is 415 g/mol. The van der Waals surface area contributed by atoms with Crippen molar-refractivity contribution in [2.75, 3.05) is 18.0 Å². The van der Waals surface area contributed by atoms with Crippen LogP contribution in [0.15, 0.2) is 54.6 Å². The van der Waals surface area contributed by atoms with E-state index in [2.05, 4.69) is 17.0 Å². The summed E-state index contributed by atoms with van der Waals surface area (Å²) in [7, 11) is 0. The molecule has 2 aromatic rings. The predicted molar refractivity (Wildman–Crippen MR) is 114 cm³/mol. The number of amides is 1. The molecule has 3 aliphatic heterocycles. The first-order valence-electron chi connectivity index (χ1n) is 9.66. The van der Waals surface area contributed by atoms with E-state index in [0.717, 1.165) is 36.2 Å². The zero-order chi connectivity index (χ0) is 19.5. The number of nitrogens with zero attached hydrogens (tertiary/aromatic N) is 2. The van der Waals surface area contributed by atoms with Gasteiger partial charge in [-0.2, -0.15) is 0 Å². The molecule has 28 heavy (non-hydrogen) atoms. The van der Waals surface area contributed by atoms with Crippen molar-refractivity contribution in [3.63, 3.8) is 0 Å². The third-order valence-corrected chi connectivity index (χ3v) is 7.97. The molecule has 0 bridgehead atoms. The maximum Gasteiger partial charge on any atom is 0.260 e. The van der Waals surface area contributed by atoms with Crippen molar-refractivity contribution in [2.24, 2.45) is 0 Å². The molecule has 2 saturated heterocycles. The quantitative estimate of drug-likeness (QED) is 0.637. The van der Waals surface area contributed by atoms with Crippen LogP contribution in [-0.4, -0.2) is 39.6 Å². The highest BCUT2D eigenvalue weighted by atomic mass is 35.5. The number of anilines is 1. The molecule has 3 atom stereocenters. The number of hydrogen-bond acceptors (Lipinski definition) is 2. The number of alkyl halides is 3. The average molecular weight is 436 g/mol. The Labute approximate surface area is 180 Å². The van der Waals surface area contributed by atoms with Crippen LogP contribution in [0.4, 0.5) is 5.69 Å². The molecule has 0 saturated carbocycles. The standard InChI is InChI=1S/C22H21Cl3N2O/c23-16-10-11-27-18-9-5-4-8-17(18)21(19(27)12-16)14-26(20(28)22(21,24)25)13-15-6-2-1-3-7-15/h1-9,16,19H,10-14H2. The summed E-state index contributed by atoms with van der Waals surface area (Å²) in [5.74, 6) is -0.215. The summed E-state index contributed by atoms with van der Waals surface area (Å²) in [4.78, 5) is 17.5. The number of hydrogen-bond donors (Lipinski definition) is 0. The second-order valence-electron chi connectivity index (χ2n) is 8.04. The molecule has 0 N–H and O–H groups in total. The molecule has 0 aromatic heterocycles. The summed E-state index contributed by atoms with van der Waals surface area (Å²) < 4.78 is -1.52. The van der Waals surface area contributed by atoms with Crippen molar-refractivity contribution in [3.8, 4) is 0 Å². The number of para-hydroxylation sites is 1. The predicted octanol–water partition coefficient (Wildman–Crippen LogP) is 4.73. The van der Waals surface area contributed by atoms with Crippen LogP contribution in [0.1, 0.15) is 24.0 Å². The van der Waals surface area contributed by atoms with Gasteiger partial charge in [0.1, 0.15) is 0 Å². The van der Waals surface area contributed by atoms with Gasteiger partial charge in [0.05, 0.1) is 5.41 Å². The molecule has 6 heteroatoms. The monoisotopic (exact) mass is 434 g/mol. The SMILES string of the molecule is O=C1N(Cc2ccccc2)CC2(c3ccccc3N3CCC(Cl)CC32)C1(Cl)Cl. The van der Waals surface area contributed by atoms with Crippen LogP contribution in [0.2, 0.25) is 0 Å². The topological polar surface area (TPSA) is 23.6 Å². The Morgan fingerprint density at radius 1 is 1.04 bits per heavy atom. The fourth-order valence-corrected chi connectivity index (χ4v) is 6.40. The maximum absolute atomic E-state index is 13.4. The molecule has 3 nitrogen and oxygen atoms in total. The molecule has 1 amide bonds. The van der Waals surface area contributed by atoms with Gasteiger partial charge in [0.15, 0.2) is 0 Å². The third-order valence-electron chi connectivity index (χ3n) is 6.57. The van der Waals surface area contributed by atoms with Crippen LogP contribution in [0, 0.1) is 0 Å². The molecule has 2 aromatic carbocycles. The first-order valence-corrected chi connectivity index (χ1v) is 10.9. The highest BCUT2D eigenvalue weighted by molar-refractivity contribution is 6.60. The summed E-state index contributed by atoms with van der Waals surface area (Å²) in [6.45, 7) is 1.85. The minimum atomic E-state index is -1.52. The van der Waals surface area contributed by atoms with E-state index in [-0.39, 0.29) is 17.3 Å². The molecule has 3 unspecified atom stereocenters. The second kappa shape index (κ2) is 6.55. The Morgan fingerprint density at radius 2 is 1.75 bits per heavy atom. The van der Waals surface area contributed by atoms with E-state index in [9.17, 15) is 4.79 Å². The minimum Gasteiger partial charge on any atom is -0.367 e. The van der Waals surface area contributed by atoms with Crippen LogP contribution >= 0.6 is 34.8 Å². The molecule has 0 aliphatic carbocycles. The average Bonchev–Trinajstić information content (AvgIpc) is 3.08. The zero-order valence-corrected chi connectivity index (χ0v) is 17.6. The van der Waals surface area contributed by atoms with Gasteiger partial charge in [-0.3, -0.25) is 4.79 Å². The smallest absolute Gasteiger partial charge is 0.260 e. The highest BCUT2D eigenvalue weighted by Crippen LogP contribution is 2.61. The lowest BCUT2D eigenvalue weighted by Crippen LogP contribution is -2.57. The van der Waals surface area contributed by atoms with Gasteiger partial charge in [-0.05, 0) is 30.0 Å². The molecule has 1 spiro atoms. The van der Waals surface area contributed by atoms with E-state index in [1.165, 1.54) is 0 Å². The summed E-state index contributed by atoms with van der Waals surface area (Å²) >= 11 is 20.5. The number of likely N-dealkylation sites (tertiary alicyclic amines) is 1. The summed E-state index contributed by atoms with van der Waals surface area (Å²) in [5, 5.41) is 0.0647. The summed E-state index contributed by atoms with van der Waals surface area (Å²) in [5.41, 5.74) is 2.58. The highest BCUT2D eigenvalue weighted by Gasteiger charge is 2.70. The van der Waals surface area contributed by atoms with Crippen LogP contribution in [0.25, 0.3) is 0 Å². The Morgan fingerprint density at radius 3 is 2.54 bits per heavy atom. The lowest BCUT2D eigenvalue weighted by Gasteiger charge is -2.44. The lowest BCUT2D eigenvalue weighted by atomic mass is 9.72. The van der Waals surface area contributed by atoms with Crippen molar-refractivity contribution in [3.05, 3.63) is 65.7 Å². The van der Waals surface area contributed by atoms with Crippen molar-refractivity contribution in [1.29, 1.82) is 0 Å². The van der Waals surface area contributed by atoms with Crippen molar-refractivity contribution < 1.29 is 4.79 Å². The molecular formula is C22H21Cl3N2O. The first-order chi connectivity index (χ1) is 13.4. The number of piperidine rings is 1. The minimum absolute atomic E-state index is 0.0147. The van der Waals surface area contributed by atoms with Crippen LogP contribution in [-0.2, 0) is 16.8 Å². The Balaban J connectivity index is 1.61. The molecule has 3 aliphatic rings. The third kappa shape index (κ3) is 2.46. The molecule has 5 rings (SSSR count). The van der Waals surface area contributed by atoms with E-state index < -0.39 is 9.75 Å². The van der Waals surface area contributed by atoms with Crippen molar-refractivity contribution in [1.82, 2.24) is 4.90 Å². The van der Waals surface area contributed by atoms with Gasteiger partial charge < -0.3 is 9.80 Å². The normalized spacial score (nSPS) is 30.6. The second-order valence-corrected chi connectivity index (χ2v) is 9.99. The van der Waals surface area contributed by atoms with Gasteiger partial charge in [0, 0.05) is 36.7 Å². The zero-order valence-electron chi connectivity index (χ0n) is 15.3. The van der Waals surface area contributed by atoms with E-state index in [4.69, 9.17) is 34.8 Å². The lowest BCUT2D eigenvalue weighted by molar-refractivity contribution is -0.128. The van der Waals surface area contributed by atoms with E-state index >= 15 is 0 Å². The number of carbonyl (C=O) groups is 1. The van der Waals surface area contributed by atoms with Crippen LogP contribution < -0.4 is 4.90 Å². The van der Waals surface area contributed by atoms with E-state index in [1.54, 1.807) is 0 Å². The maximum atomic E-state index is 13.4. The number of benzene rings is 2. The largest absolute Gasteiger partial charge is 0.367 e. The molecule has 2 fully saturated rings. The number of halogens is 3. The van der Waals surface area contributed by atoms with E-state index in [0.29, 0.717) is 13.1 Å². The number of fused-ring (bicyclic) bond motifs is 5. The first kappa shape index (κ1) is 18.6. The molecule has 0 radical (unpaired) electrons. The van der Waals surface area contributed by atoms with Crippen molar-refractivity contribution >= 4 is 46.4 Å². The fourth-order valence-electron chi connectivity index (χ4n) is 5.32. The molecule has 3 heterocycles. The Bertz CT molecular complexity index is 919.